The molecular formula is C28H37N3O8. The average molecular weight is 544 g/mol. The Morgan fingerprint density at radius 3 is 2.21 bits per heavy atom. The first-order chi connectivity index (χ1) is 18.1. The molecule has 1 aromatic rings. The number of carbonyl (C=O) groups excluding carboxylic acids is 2. The number of amides is 1. The number of non-ortho nitro benzene ring substituents is 1. The summed E-state index contributed by atoms with van der Waals surface area (Å²) in [5, 5.41) is 32.2. The lowest BCUT2D eigenvalue weighted by Gasteiger charge is -2.20. The van der Waals surface area contributed by atoms with Crippen molar-refractivity contribution < 1.29 is 33.8 Å². The summed E-state index contributed by atoms with van der Waals surface area (Å²) >= 11 is 0. The molecule has 0 aromatic heterocycles. The van der Waals surface area contributed by atoms with Crippen molar-refractivity contribution >= 4 is 23.6 Å². The van der Waals surface area contributed by atoms with E-state index in [1.807, 2.05) is 19.9 Å². The molecule has 11 nitrogen and oxygen atoms in total. The van der Waals surface area contributed by atoms with Gasteiger partial charge in [0.2, 0.25) is 0 Å². The van der Waals surface area contributed by atoms with Crippen LogP contribution in [0.15, 0.2) is 70.7 Å². The SMILES string of the molecule is CC/C=C(C)/C(=C\C=C(C)\C(O)=C(/COC(=O)OCc1ccc([N+](=O)[O-])cc1)C(C)=N)NC(=O)OC(C)(C)C. The number of aliphatic hydroxyl groups is 1. The molecule has 0 fully saturated rings. The Bertz CT molecular complexity index is 1190. The molecule has 0 heterocycles. The number of nitrogens with zero attached hydrogens (tertiary/aromatic N) is 1. The predicted octanol–water partition coefficient (Wildman–Crippen LogP) is 6.81. The van der Waals surface area contributed by atoms with E-state index >= 15 is 0 Å². The van der Waals surface area contributed by atoms with E-state index in [0.717, 1.165) is 12.0 Å². The summed E-state index contributed by atoms with van der Waals surface area (Å²) in [6, 6.07) is 5.49. The molecule has 0 atom stereocenters. The molecule has 39 heavy (non-hydrogen) atoms. The van der Waals surface area contributed by atoms with Crippen molar-refractivity contribution in [1.82, 2.24) is 5.32 Å². The second-order valence-electron chi connectivity index (χ2n) is 9.56. The molecule has 0 aliphatic rings. The number of nitrogens with one attached hydrogen (secondary N) is 2. The summed E-state index contributed by atoms with van der Waals surface area (Å²) in [6.45, 7) is 11.5. The van der Waals surface area contributed by atoms with Crippen LogP contribution in [0.3, 0.4) is 0 Å². The Labute approximate surface area is 228 Å². The molecule has 1 amide bonds. The minimum atomic E-state index is -1.04. The zero-order chi connectivity index (χ0) is 29.8. The van der Waals surface area contributed by atoms with Crippen LogP contribution in [-0.4, -0.2) is 40.2 Å². The number of rotatable bonds is 11. The van der Waals surface area contributed by atoms with E-state index in [0.29, 0.717) is 16.8 Å². The Morgan fingerprint density at radius 2 is 1.69 bits per heavy atom. The minimum absolute atomic E-state index is 0.0263. The van der Waals surface area contributed by atoms with E-state index in [2.05, 4.69) is 5.32 Å². The van der Waals surface area contributed by atoms with Gasteiger partial charge in [-0.1, -0.05) is 19.1 Å². The molecule has 1 aromatic carbocycles. The highest BCUT2D eigenvalue weighted by atomic mass is 16.7. The van der Waals surface area contributed by atoms with Crippen molar-refractivity contribution in [1.29, 1.82) is 5.41 Å². The van der Waals surface area contributed by atoms with Gasteiger partial charge in [0.05, 0.1) is 10.5 Å². The molecular weight excluding hydrogens is 506 g/mol. The Kier molecular flexibility index (Phi) is 12.6. The van der Waals surface area contributed by atoms with E-state index in [9.17, 15) is 24.8 Å². The topological polar surface area (TPSA) is 161 Å². The van der Waals surface area contributed by atoms with Gasteiger partial charge in [-0.2, -0.15) is 0 Å². The standard InChI is InChI=1S/C28H37N3O8/c1-8-9-18(2)24(30-26(33)39-28(5,6)7)15-10-19(3)25(32)23(20(4)29)17-38-27(34)37-16-21-11-13-22(14-12-21)31(35)36/h9-15,29,32H,8,16-17H2,1-7H3,(H,30,33)/b18-9+,19-10+,24-15+,25-23-,29-20?. The minimum Gasteiger partial charge on any atom is -0.507 e. The number of nitro benzene ring substituents is 1. The van der Waals surface area contributed by atoms with E-state index < -0.39 is 29.4 Å². The van der Waals surface area contributed by atoms with Crippen LogP contribution < -0.4 is 5.32 Å². The van der Waals surface area contributed by atoms with Gasteiger partial charge in [-0.25, -0.2) is 9.59 Å². The Balaban J connectivity index is 3.00. The molecule has 0 radical (unpaired) electrons. The van der Waals surface area contributed by atoms with E-state index in [1.165, 1.54) is 31.2 Å². The number of nitro groups is 1. The largest absolute Gasteiger partial charge is 0.508 e. The lowest BCUT2D eigenvalue weighted by atomic mass is 10.1. The predicted molar refractivity (Wildman–Crippen MR) is 148 cm³/mol. The Morgan fingerprint density at radius 1 is 1.08 bits per heavy atom. The number of alkyl carbamates (subject to hydrolysis) is 1. The molecule has 0 saturated heterocycles. The second kappa shape index (κ2) is 15.1. The summed E-state index contributed by atoms with van der Waals surface area (Å²) < 4.78 is 15.4. The van der Waals surface area contributed by atoms with Crippen molar-refractivity contribution in [2.24, 2.45) is 0 Å². The maximum atomic E-state index is 12.3. The average Bonchev–Trinajstić information content (AvgIpc) is 2.84. The van der Waals surface area contributed by atoms with Crippen LogP contribution in [-0.2, 0) is 20.8 Å². The molecule has 0 bridgehead atoms. The van der Waals surface area contributed by atoms with Crippen LogP contribution in [0, 0.1) is 15.5 Å². The van der Waals surface area contributed by atoms with Crippen molar-refractivity contribution in [2.75, 3.05) is 6.61 Å². The van der Waals surface area contributed by atoms with Crippen molar-refractivity contribution in [3.8, 4) is 0 Å². The summed E-state index contributed by atoms with van der Waals surface area (Å²) in [4.78, 5) is 34.5. The highest BCUT2D eigenvalue weighted by Gasteiger charge is 2.18. The first kappa shape index (κ1) is 32.6. The number of ether oxygens (including phenoxy) is 3. The molecule has 1 rings (SSSR count). The summed E-state index contributed by atoms with van der Waals surface area (Å²) in [6.07, 6.45) is 4.16. The second-order valence-corrected chi connectivity index (χ2v) is 9.56. The van der Waals surface area contributed by atoms with Crippen LogP contribution in [0.1, 0.15) is 60.5 Å². The van der Waals surface area contributed by atoms with Gasteiger partial charge in [0.25, 0.3) is 5.69 Å². The number of benzene rings is 1. The Hall–Kier alpha value is -4.41. The number of carbonyl (C=O) groups is 2. The monoisotopic (exact) mass is 543 g/mol. The third kappa shape index (κ3) is 12.1. The highest BCUT2D eigenvalue weighted by Crippen LogP contribution is 2.17. The van der Waals surface area contributed by atoms with E-state index in [4.69, 9.17) is 19.6 Å². The van der Waals surface area contributed by atoms with Gasteiger partial charge in [-0.05, 0) is 82.9 Å². The van der Waals surface area contributed by atoms with Crippen LogP contribution in [0.5, 0.6) is 0 Å². The highest BCUT2D eigenvalue weighted by molar-refractivity contribution is 5.97. The van der Waals surface area contributed by atoms with Gasteiger partial charge in [0, 0.05) is 23.5 Å². The van der Waals surface area contributed by atoms with Crippen molar-refractivity contribution in [3.63, 3.8) is 0 Å². The van der Waals surface area contributed by atoms with Gasteiger partial charge in [0.1, 0.15) is 24.6 Å². The van der Waals surface area contributed by atoms with Crippen molar-refractivity contribution in [3.05, 3.63) is 86.3 Å². The molecule has 11 heteroatoms. The molecule has 0 aliphatic carbocycles. The van der Waals surface area contributed by atoms with Crippen LogP contribution in [0.25, 0.3) is 0 Å². The first-order valence-electron chi connectivity index (χ1n) is 12.2. The van der Waals surface area contributed by atoms with Crippen LogP contribution in [0.4, 0.5) is 15.3 Å². The maximum Gasteiger partial charge on any atom is 0.508 e. The molecule has 0 spiro atoms. The number of hydrogen-bond acceptors (Lipinski definition) is 9. The molecule has 3 N–H and O–H groups in total. The third-order valence-corrected chi connectivity index (χ3v) is 5.02. The van der Waals surface area contributed by atoms with Gasteiger partial charge < -0.3 is 24.7 Å². The molecule has 0 unspecified atom stereocenters. The van der Waals surface area contributed by atoms with Crippen LogP contribution >= 0.6 is 0 Å². The fourth-order valence-corrected chi connectivity index (χ4v) is 3.01. The number of hydrogen-bond donors (Lipinski definition) is 3. The quantitative estimate of drug-likeness (QED) is 0.0684. The maximum absolute atomic E-state index is 12.3. The normalized spacial score (nSPS) is 13.3. The zero-order valence-electron chi connectivity index (χ0n) is 23.4. The summed E-state index contributed by atoms with van der Waals surface area (Å²) in [5.74, 6) is -0.268. The zero-order valence-corrected chi connectivity index (χ0v) is 23.4. The molecule has 0 aliphatic heterocycles. The lowest BCUT2D eigenvalue weighted by Crippen LogP contribution is -2.32. The van der Waals surface area contributed by atoms with Gasteiger partial charge in [-0.3, -0.25) is 15.4 Å². The number of aliphatic hydroxyl groups excluding tert-OH is 1. The third-order valence-electron chi connectivity index (χ3n) is 5.02. The van der Waals surface area contributed by atoms with E-state index in [-0.39, 0.29) is 29.3 Å². The van der Waals surface area contributed by atoms with Gasteiger partial charge >= 0.3 is 12.2 Å². The van der Waals surface area contributed by atoms with Gasteiger partial charge in [0.15, 0.2) is 0 Å². The fraction of sp³-hybridized carbons (Fsp3) is 0.393. The fourth-order valence-electron chi connectivity index (χ4n) is 3.01. The first-order valence-corrected chi connectivity index (χ1v) is 12.2. The van der Waals surface area contributed by atoms with E-state index in [1.54, 1.807) is 39.8 Å². The van der Waals surface area contributed by atoms with Crippen molar-refractivity contribution in [2.45, 2.75) is 67.1 Å². The molecule has 212 valence electrons. The lowest BCUT2D eigenvalue weighted by molar-refractivity contribution is -0.384. The summed E-state index contributed by atoms with van der Waals surface area (Å²) in [7, 11) is 0. The smallest absolute Gasteiger partial charge is 0.507 e. The number of allylic oxidation sites excluding steroid dienone is 5. The summed E-state index contributed by atoms with van der Waals surface area (Å²) in [5.41, 5.74) is 1.41. The van der Waals surface area contributed by atoms with Crippen LogP contribution in [0.2, 0.25) is 0 Å². The van der Waals surface area contributed by atoms with Gasteiger partial charge in [-0.15, -0.1) is 0 Å². The molecule has 0 saturated carbocycles.